The van der Waals surface area contributed by atoms with Gasteiger partial charge in [-0.25, -0.2) is 0 Å². The second-order valence-electron chi connectivity index (χ2n) is 14.1. The van der Waals surface area contributed by atoms with Crippen molar-refractivity contribution in [1.82, 2.24) is 0 Å². The minimum Gasteiger partial charge on any atom is -0.353 e. The lowest BCUT2D eigenvalue weighted by atomic mass is 9.47. The van der Waals surface area contributed by atoms with Crippen LogP contribution >= 0.6 is 0 Å². The molecule has 5 unspecified atom stereocenters. The largest absolute Gasteiger partial charge is 0.353 e. The molecule has 0 aromatic heterocycles. The van der Waals surface area contributed by atoms with Crippen molar-refractivity contribution in [3.05, 3.63) is 11.6 Å². The number of ether oxygens (including phenoxy) is 2. The number of allylic oxidation sites excluding steroid dienone is 1. The second kappa shape index (κ2) is 10.2. The normalized spacial score (nSPS) is 45.3. The van der Waals surface area contributed by atoms with E-state index >= 15 is 0 Å². The molecule has 3 saturated carbocycles. The fraction of sp³-hybridized carbons (Fsp3) is 0.938. The van der Waals surface area contributed by atoms with Gasteiger partial charge in [-0.1, -0.05) is 65.5 Å². The van der Waals surface area contributed by atoms with Crippen molar-refractivity contribution in [1.29, 1.82) is 0 Å². The summed E-state index contributed by atoms with van der Waals surface area (Å²) in [4.78, 5) is 0. The molecule has 0 aromatic rings. The van der Waals surface area contributed by atoms with Crippen molar-refractivity contribution in [2.45, 2.75) is 137 Å². The van der Waals surface area contributed by atoms with Crippen LogP contribution in [0.1, 0.15) is 125 Å². The molecular weight excluding hydrogens is 416 g/mol. The maximum absolute atomic E-state index is 6.47. The zero-order valence-corrected chi connectivity index (χ0v) is 23.1. The van der Waals surface area contributed by atoms with Crippen LogP contribution in [0.3, 0.4) is 0 Å². The first-order valence-corrected chi connectivity index (χ1v) is 15.3. The molecule has 4 fully saturated rings. The summed E-state index contributed by atoms with van der Waals surface area (Å²) < 4.78 is 12.4. The van der Waals surface area contributed by atoms with Gasteiger partial charge in [0.05, 0.1) is 6.10 Å². The summed E-state index contributed by atoms with van der Waals surface area (Å²) in [6, 6.07) is 0. The third-order valence-corrected chi connectivity index (χ3v) is 11.7. The topological polar surface area (TPSA) is 18.5 Å². The van der Waals surface area contributed by atoms with E-state index in [1.165, 1.54) is 77.0 Å². The Balaban J connectivity index is 1.24. The van der Waals surface area contributed by atoms with Gasteiger partial charge in [-0.05, 0) is 117 Å². The van der Waals surface area contributed by atoms with Gasteiger partial charge in [-0.2, -0.15) is 0 Å². The molecule has 4 aliphatic carbocycles. The summed E-state index contributed by atoms with van der Waals surface area (Å²) in [5.41, 5.74) is 2.78. The van der Waals surface area contributed by atoms with Crippen molar-refractivity contribution < 1.29 is 9.47 Å². The summed E-state index contributed by atoms with van der Waals surface area (Å²) in [5.74, 6) is 5.53. The van der Waals surface area contributed by atoms with Gasteiger partial charge < -0.3 is 9.47 Å². The lowest BCUT2D eigenvalue weighted by Crippen LogP contribution is -2.51. The van der Waals surface area contributed by atoms with E-state index in [1.807, 2.05) is 0 Å². The molecule has 1 saturated heterocycles. The van der Waals surface area contributed by atoms with Crippen molar-refractivity contribution >= 4 is 0 Å². The molecule has 2 heteroatoms. The highest BCUT2D eigenvalue weighted by atomic mass is 16.7. The fourth-order valence-corrected chi connectivity index (χ4v) is 9.80. The number of fused-ring (bicyclic) bond motifs is 5. The zero-order valence-electron chi connectivity index (χ0n) is 23.1. The predicted molar refractivity (Wildman–Crippen MR) is 142 cm³/mol. The molecule has 5 aliphatic rings. The Hall–Kier alpha value is -0.340. The Morgan fingerprint density at radius 1 is 0.971 bits per heavy atom. The Kier molecular flexibility index (Phi) is 7.59. The highest BCUT2D eigenvalue weighted by molar-refractivity contribution is 5.25. The van der Waals surface area contributed by atoms with E-state index in [4.69, 9.17) is 9.47 Å². The van der Waals surface area contributed by atoms with Gasteiger partial charge in [0, 0.05) is 6.61 Å². The third-order valence-electron chi connectivity index (χ3n) is 11.7. The summed E-state index contributed by atoms with van der Waals surface area (Å²) in [7, 11) is 0. The molecule has 0 spiro atoms. The Morgan fingerprint density at radius 3 is 2.59 bits per heavy atom. The van der Waals surface area contributed by atoms with Crippen LogP contribution in [0, 0.1) is 46.3 Å². The van der Waals surface area contributed by atoms with Crippen molar-refractivity contribution in [3.8, 4) is 0 Å². The van der Waals surface area contributed by atoms with Gasteiger partial charge in [0.1, 0.15) is 0 Å². The monoisotopic (exact) mass is 470 g/mol. The zero-order chi connectivity index (χ0) is 23.9. The second-order valence-corrected chi connectivity index (χ2v) is 14.1. The smallest absolute Gasteiger partial charge is 0.157 e. The average Bonchev–Trinajstić information content (AvgIpc) is 3.17. The summed E-state index contributed by atoms with van der Waals surface area (Å²) in [5, 5.41) is 0. The molecule has 0 bridgehead atoms. The van der Waals surface area contributed by atoms with Gasteiger partial charge >= 0.3 is 0 Å². The van der Waals surface area contributed by atoms with E-state index in [1.54, 1.807) is 5.57 Å². The summed E-state index contributed by atoms with van der Waals surface area (Å²) in [6.07, 6.45) is 22.0. The van der Waals surface area contributed by atoms with E-state index in [2.05, 4.69) is 40.7 Å². The van der Waals surface area contributed by atoms with Crippen LogP contribution in [-0.4, -0.2) is 19.0 Å². The molecule has 34 heavy (non-hydrogen) atoms. The molecule has 0 aromatic carbocycles. The first kappa shape index (κ1) is 25.3. The van der Waals surface area contributed by atoms with Crippen LogP contribution in [0.2, 0.25) is 0 Å². The quantitative estimate of drug-likeness (QED) is 0.346. The molecule has 0 radical (unpaired) electrons. The molecular formula is C32H54O2. The van der Waals surface area contributed by atoms with Crippen molar-refractivity contribution in [3.63, 3.8) is 0 Å². The number of hydrogen-bond donors (Lipinski definition) is 0. The molecule has 0 N–H and O–H groups in total. The minimum absolute atomic E-state index is 0.0633. The van der Waals surface area contributed by atoms with Crippen molar-refractivity contribution in [2.75, 3.05) is 6.61 Å². The molecule has 9 atom stereocenters. The van der Waals surface area contributed by atoms with E-state index in [9.17, 15) is 0 Å². The van der Waals surface area contributed by atoms with Crippen LogP contribution in [0.4, 0.5) is 0 Å². The highest BCUT2D eigenvalue weighted by Crippen LogP contribution is 2.67. The molecule has 0 amide bonds. The molecule has 5 rings (SSSR count). The Morgan fingerprint density at radius 2 is 1.82 bits per heavy atom. The van der Waals surface area contributed by atoms with Gasteiger partial charge in [-0.3, -0.25) is 0 Å². The number of rotatable bonds is 7. The average molecular weight is 471 g/mol. The van der Waals surface area contributed by atoms with Gasteiger partial charge in [0.2, 0.25) is 0 Å². The van der Waals surface area contributed by atoms with Gasteiger partial charge in [0.25, 0.3) is 0 Å². The van der Waals surface area contributed by atoms with Crippen LogP contribution < -0.4 is 0 Å². The molecule has 1 aliphatic heterocycles. The Bertz CT molecular complexity index is 721. The van der Waals surface area contributed by atoms with Crippen LogP contribution in [0.15, 0.2) is 11.6 Å². The lowest BCUT2D eigenvalue weighted by Gasteiger charge is -2.58. The third kappa shape index (κ3) is 4.69. The SMILES string of the molecule is CC(C)CCCC(C)[C@H]1CCC2C3CC=C4C[C@H](OC5CCCCO5)CC[C@]4(C)C3CC[C@@]21C. The summed E-state index contributed by atoms with van der Waals surface area (Å²) in [6.45, 7) is 13.6. The fourth-order valence-electron chi connectivity index (χ4n) is 9.80. The molecule has 2 nitrogen and oxygen atoms in total. The predicted octanol–water partition coefficient (Wildman–Crippen LogP) is 8.94. The van der Waals surface area contributed by atoms with Crippen molar-refractivity contribution in [2.24, 2.45) is 46.3 Å². The number of hydrogen-bond acceptors (Lipinski definition) is 2. The maximum Gasteiger partial charge on any atom is 0.157 e. The van der Waals surface area contributed by atoms with Gasteiger partial charge in [-0.15, -0.1) is 0 Å². The van der Waals surface area contributed by atoms with Crippen LogP contribution in [0.5, 0.6) is 0 Å². The summed E-state index contributed by atoms with van der Waals surface area (Å²) >= 11 is 0. The molecule has 194 valence electrons. The lowest BCUT2D eigenvalue weighted by molar-refractivity contribution is -0.195. The Labute approximate surface area is 211 Å². The van der Waals surface area contributed by atoms with E-state index in [0.717, 1.165) is 55.0 Å². The first-order chi connectivity index (χ1) is 16.3. The first-order valence-electron chi connectivity index (χ1n) is 15.3. The molecule has 1 heterocycles. The maximum atomic E-state index is 6.47. The van der Waals surface area contributed by atoms with E-state index in [-0.39, 0.29) is 6.29 Å². The van der Waals surface area contributed by atoms with E-state index < -0.39 is 0 Å². The minimum atomic E-state index is 0.0633. The highest BCUT2D eigenvalue weighted by Gasteiger charge is 2.59. The van der Waals surface area contributed by atoms with Crippen LogP contribution in [0.25, 0.3) is 0 Å². The van der Waals surface area contributed by atoms with Crippen LogP contribution in [-0.2, 0) is 9.47 Å². The van der Waals surface area contributed by atoms with Gasteiger partial charge in [0.15, 0.2) is 6.29 Å². The standard InChI is InChI=1S/C32H54O2/c1-22(2)9-8-10-23(3)27-14-15-28-26-13-12-24-21-25(34-30-11-6-7-20-33-30)16-18-31(24,4)29(26)17-19-32(27,28)5/h12,22-23,25-30H,6-11,13-21H2,1-5H3/t23?,25-,26?,27-,28?,29?,30?,31+,32-/m1/s1. The van der Waals surface area contributed by atoms with E-state index in [0.29, 0.717) is 16.9 Å².